The number of amides is 2. The molecule has 140 valence electrons. The number of nitrogens with two attached hydrogens (primary N) is 1. The van der Waals surface area contributed by atoms with Gasteiger partial charge in [-0.3, -0.25) is 9.59 Å². The van der Waals surface area contributed by atoms with E-state index in [0.29, 0.717) is 29.6 Å². The third kappa shape index (κ3) is 5.18. The molecule has 10 heteroatoms. The molecule has 2 rings (SSSR count). The third-order valence-electron chi connectivity index (χ3n) is 3.54. The summed E-state index contributed by atoms with van der Waals surface area (Å²) in [7, 11) is 0. The number of carbonyl (C=O) groups excluding carboxylic acids is 2. The van der Waals surface area contributed by atoms with Gasteiger partial charge >= 0.3 is 0 Å². The molecule has 3 N–H and O–H groups in total. The summed E-state index contributed by atoms with van der Waals surface area (Å²) in [4.78, 5) is 23.3. The van der Waals surface area contributed by atoms with Crippen molar-refractivity contribution in [3.8, 4) is 0 Å². The molecule has 0 aliphatic heterocycles. The maximum atomic E-state index is 13.2. The molecule has 0 aliphatic carbocycles. The van der Waals surface area contributed by atoms with Gasteiger partial charge in [-0.15, -0.1) is 10.2 Å². The summed E-state index contributed by atoms with van der Waals surface area (Å²) in [6.07, 6.45) is 0.579. The fourth-order valence-electron chi connectivity index (χ4n) is 2.17. The second-order valence-electron chi connectivity index (χ2n) is 5.49. The zero-order valence-electron chi connectivity index (χ0n) is 14.3. The lowest BCUT2D eigenvalue weighted by atomic mass is 10.3. The first kappa shape index (κ1) is 20.2. The van der Waals surface area contributed by atoms with Gasteiger partial charge in [0, 0.05) is 25.1 Å². The van der Waals surface area contributed by atoms with Gasteiger partial charge in [-0.25, -0.2) is 4.39 Å². The molecule has 0 unspecified atom stereocenters. The number of hydrogen-bond acceptors (Lipinski definition) is 5. The van der Waals surface area contributed by atoms with Crippen LogP contribution in [0.4, 0.5) is 10.1 Å². The zero-order chi connectivity index (χ0) is 19.3. The number of benzene rings is 1. The van der Waals surface area contributed by atoms with Gasteiger partial charge in [0.1, 0.15) is 11.6 Å². The van der Waals surface area contributed by atoms with Crippen LogP contribution in [0.25, 0.3) is 0 Å². The SMILES string of the molecule is CCn1c(CCC(N)=O)nnc1S[C@H](C)C(=O)Nc1ccc(F)c(Cl)c1. The Balaban J connectivity index is 2.03. The minimum atomic E-state index is -0.549. The number of halogens is 2. The highest BCUT2D eigenvalue weighted by atomic mass is 35.5. The Labute approximate surface area is 159 Å². The number of thioether (sulfide) groups is 1. The maximum Gasteiger partial charge on any atom is 0.237 e. The summed E-state index contributed by atoms with van der Waals surface area (Å²) in [6.45, 7) is 4.25. The Morgan fingerprint density at radius 3 is 2.77 bits per heavy atom. The van der Waals surface area contributed by atoms with Crippen LogP contribution in [0.1, 0.15) is 26.1 Å². The highest BCUT2D eigenvalue weighted by Crippen LogP contribution is 2.25. The van der Waals surface area contributed by atoms with E-state index in [0.717, 1.165) is 0 Å². The predicted octanol–water partition coefficient (Wildman–Crippen LogP) is 2.63. The molecule has 2 amide bonds. The molecular weight excluding hydrogens is 381 g/mol. The Bertz CT molecular complexity index is 814. The first-order valence-electron chi connectivity index (χ1n) is 7.94. The van der Waals surface area contributed by atoms with Crippen molar-refractivity contribution in [1.29, 1.82) is 0 Å². The van der Waals surface area contributed by atoms with Gasteiger partial charge in [0.25, 0.3) is 0 Å². The van der Waals surface area contributed by atoms with Crippen molar-refractivity contribution in [1.82, 2.24) is 14.8 Å². The van der Waals surface area contributed by atoms with Crippen molar-refractivity contribution < 1.29 is 14.0 Å². The average molecular weight is 400 g/mol. The van der Waals surface area contributed by atoms with Crippen molar-refractivity contribution in [2.24, 2.45) is 5.73 Å². The molecular formula is C16H19ClFN5O2S. The minimum absolute atomic E-state index is 0.0621. The van der Waals surface area contributed by atoms with E-state index in [4.69, 9.17) is 17.3 Å². The zero-order valence-corrected chi connectivity index (χ0v) is 15.9. The Hall–Kier alpha value is -2.13. The lowest BCUT2D eigenvalue weighted by Gasteiger charge is -2.13. The lowest BCUT2D eigenvalue weighted by Crippen LogP contribution is -2.23. The number of carbonyl (C=O) groups is 2. The highest BCUT2D eigenvalue weighted by Gasteiger charge is 2.20. The number of rotatable bonds is 8. The molecule has 0 fully saturated rings. The van der Waals surface area contributed by atoms with Crippen LogP contribution >= 0.6 is 23.4 Å². The van der Waals surface area contributed by atoms with Gasteiger partial charge in [0.05, 0.1) is 10.3 Å². The van der Waals surface area contributed by atoms with E-state index in [9.17, 15) is 14.0 Å². The van der Waals surface area contributed by atoms with E-state index >= 15 is 0 Å². The van der Waals surface area contributed by atoms with Gasteiger partial charge in [-0.1, -0.05) is 23.4 Å². The van der Waals surface area contributed by atoms with Crippen LogP contribution in [0.5, 0.6) is 0 Å². The Kier molecular flexibility index (Phi) is 6.98. The predicted molar refractivity (Wildman–Crippen MR) is 98.6 cm³/mol. The molecule has 0 spiro atoms. The fourth-order valence-corrected chi connectivity index (χ4v) is 3.29. The monoisotopic (exact) mass is 399 g/mol. The van der Waals surface area contributed by atoms with E-state index in [-0.39, 0.29) is 17.4 Å². The van der Waals surface area contributed by atoms with Gasteiger partial charge in [0.15, 0.2) is 5.16 Å². The molecule has 7 nitrogen and oxygen atoms in total. The molecule has 0 bridgehead atoms. The van der Waals surface area contributed by atoms with Crippen LogP contribution in [0.3, 0.4) is 0 Å². The van der Waals surface area contributed by atoms with Gasteiger partial charge < -0.3 is 15.6 Å². The summed E-state index contributed by atoms with van der Waals surface area (Å²) in [5.41, 5.74) is 5.58. The highest BCUT2D eigenvalue weighted by molar-refractivity contribution is 8.00. The van der Waals surface area contributed by atoms with Gasteiger partial charge in [-0.2, -0.15) is 0 Å². The molecule has 1 aromatic heterocycles. The van der Waals surface area contributed by atoms with E-state index in [1.54, 1.807) is 6.92 Å². The number of aryl methyl sites for hydroxylation is 1. The van der Waals surface area contributed by atoms with Crippen LogP contribution in [-0.2, 0) is 22.6 Å². The summed E-state index contributed by atoms with van der Waals surface area (Å²) in [5.74, 6) is -0.587. The summed E-state index contributed by atoms with van der Waals surface area (Å²) < 4.78 is 15.0. The van der Waals surface area contributed by atoms with Gasteiger partial charge in [0.2, 0.25) is 11.8 Å². The van der Waals surface area contributed by atoms with Crippen molar-refractivity contribution in [2.75, 3.05) is 5.32 Å². The number of nitrogens with zero attached hydrogens (tertiary/aromatic N) is 3. The van der Waals surface area contributed by atoms with E-state index in [1.165, 1.54) is 30.0 Å². The topological polar surface area (TPSA) is 103 Å². The standard InChI is InChI=1S/C16H19ClFN5O2S/c1-3-23-14(7-6-13(19)24)21-22-16(23)26-9(2)15(25)20-10-4-5-12(18)11(17)8-10/h4-5,8-9H,3,6-7H2,1-2H3,(H2,19,24)(H,20,25)/t9-/m1/s1. The Morgan fingerprint density at radius 2 is 2.15 bits per heavy atom. The molecule has 1 aromatic carbocycles. The summed E-state index contributed by atoms with van der Waals surface area (Å²) in [5, 5.41) is 10.9. The average Bonchev–Trinajstić information content (AvgIpc) is 2.97. The molecule has 1 heterocycles. The second-order valence-corrected chi connectivity index (χ2v) is 7.20. The number of primary amides is 1. The van der Waals surface area contributed by atoms with E-state index in [2.05, 4.69) is 15.5 Å². The first-order chi connectivity index (χ1) is 12.3. The van der Waals surface area contributed by atoms with Crippen LogP contribution in [0, 0.1) is 5.82 Å². The number of nitrogens with one attached hydrogen (secondary N) is 1. The summed E-state index contributed by atoms with van der Waals surface area (Å²) >= 11 is 6.95. The van der Waals surface area contributed by atoms with Crippen LogP contribution in [0.15, 0.2) is 23.4 Å². The van der Waals surface area contributed by atoms with Crippen molar-refractivity contribution >= 4 is 40.9 Å². The van der Waals surface area contributed by atoms with Crippen molar-refractivity contribution in [2.45, 2.75) is 43.6 Å². The van der Waals surface area contributed by atoms with Gasteiger partial charge in [-0.05, 0) is 32.0 Å². The molecule has 0 saturated carbocycles. The van der Waals surface area contributed by atoms with Crippen LogP contribution in [-0.4, -0.2) is 31.8 Å². The van der Waals surface area contributed by atoms with Crippen molar-refractivity contribution in [3.05, 3.63) is 34.9 Å². The summed E-state index contributed by atoms with van der Waals surface area (Å²) in [6, 6.07) is 3.98. The molecule has 0 aliphatic rings. The van der Waals surface area contributed by atoms with E-state index in [1.807, 2.05) is 11.5 Å². The second kappa shape index (κ2) is 9.00. The van der Waals surface area contributed by atoms with E-state index < -0.39 is 17.0 Å². The first-order valence-corrected chi connectivity index (χ1v) is 9.20. The molecule has 1 atom stereocenters. The molecule has 26 heavy (non-hydrogen) atoms. The largest absolute Gasteiger partial charge is 0.370 e. The van der Waals surface area contributed by atoms with Crippen LogP contribution < -0.4 is 11.1 Å². The number of hydrogen-bond donors (Lipinski definition) is 2. The number of anilines is 1. The Morgan fingerprint density at radius 1 is 1.42 bits per heavy atom. The molecule has 0 radical (unpaired) electrons. The molecule has 0 saturated heterocycles. The number of aromatic nitrogens is 3. The fraction of sp³-hybridized carbons (Fsp3) is 0.375. The lowest BCUT2D eigenvalue weighted by molar-refractivity contribution is -0.118. The minimum Gasteiger partial charge on any atom is -0.370 e. The normalized spacial score (nSPS) is 12.0. The quantitative estimate of drug-likeness (QED) is 0.664. The third-order valence-corrected chi connectivity index (χ3v) is 4.91. The van der Waals surface area contributed by atoms with Crippen LogP contribution in [0.2, 0.25) is 5.02 Å². The molecule has 2 aromatic rings. The maximum absolute atomic E-state index is 13.2. The smallest absolute Gasteiger partial charge is 0.237 e. The van der Waals surface area contributed by atoms with Crippen molar-refractivity contribution in [3.63, 3.8) is 0 Å².